The van der Waals surface area contributed by atoms with Gasteiger partial charge in [0.05, 0.1) is 11.0 Å². The van der Waals surface area contributed by atoms with Crippen molar-refractivity contribution in [3.63, 3.8) is 0 Å². The number of hydrogen-bond acceptors (Lipinski definition) is 4. The van der Waals surface area contributed by atoms with E-state index in [0.29, 0.717) is 11.6 Å². The number of furan rings is 1. The molecule has 0 spiro atoms. The number of benzene rings is 7. The first-order valence-corrected chi connectivity index (χ1v) is 17.7. The molecule has 244 valence electrons. The number of nitrogens with zero attached hydrogens (tertiary/aromatic N) is 4. The topological polar surface area (TPSA) is 56.7 Å². The quantitative estimate of drug-likeness (QED) is 0.188. The Morgan fingerprint density at radius 2 is 1.17 bits per heavy atom. The maximum Gasteiger partial charge on any atom is 0.163 e. The Hall–Kier alpha value is -6.85. The minimum absolute atomic E-state index is 0.0816. The highest BCUT2D eigenvalue weighted by atomic mass is 16.3. The third kappa shape index (κ3) is 4.60. The van der Waals surface area contributed by atoms with Crippen molar-refractivity contribution in [1.82, 2.24) is 19.5 Å². The van der Waals surface area contributed by atoms with Crippen LogP contribution in [0, 0.1) is 0 Å². The van der Waals surface area contributed by atoms with E-state index in [9.17, 15) is 0 Å². The molecule has 0 fully saturated rings. The number of fused-ring (bicyclic) bond motifs is 8. The van der Waals surface area contributed by atoms with E-state index >= 15 is 0 Å². The van der Waals surface area contributed by atoms with Crippen LogP contribution in [0.25, 0.3) is 93.8 Å². The van der Waals surface area contributed by atoms with Crippen LogP contribution >= 0.6 is 0 Å². The Morgan fingerprint density at radius 3 is 1.98 bits per heavy atom. The summed E-state index contributed by atoms with van der Waals surface area (Å²) in [5, 5.41) is 9.40. The summed E-state index contributed by atoms with van der Waals surface area (Å²) in [6.45, 7) is 0. The van der Waals surface area contributed by atoms with Gasteiger partial charge in [-0.15, -0.1) is 0 Å². The van der Waals surface area contributed by atoms with Crippen molar-refractivity contribution in [3.8, 4) is 28.5 Å². The van der Waals surface area contributed by atoms with Crippen LogP contribution in [0.1, 0.15) is 18.2 Å². The summed E-state index contributed by atoms with van der Waals surface area (Å²) in [6, 6.07) is 49.4. The molecular formula is C47H30N4O. The Balaban J connectivity index is 1.05. The summed E-state index contributed by atoms with van der Waals surface area (Å²) in [6.07, 6.45) is 9.34. The predicted molar refractivity (Wildman–Crippen MR) is 213 cm³/mol. The molecule has 1 unspecified atom stereocenters. The lowest BCUT2D eigenvalue weighted by Crippen LogP contribution is -2.07. The maximum absolute atomic E-state index is 6.65. The SMILES string of the molecule is C1=CCC(c2nc(-c3ccc4ccccc4c3)nc(-c3ccc4c(c3)oc3cc(-n5c6ccccc6c6cc7ccccc7cc65)ccc34)n2)C=C1. The van der Waals surface area contributed by atoms with Crippen LogP contribution in [0.15, 0.2) is 168 Å². The number of hydrogen-bond donors (Lipinski definition) is 0. The first kappa shape index (κ1) is 28.9. The van der Waals surface area contributed by atoms with Crippen molar-refractivity contribution >= 4 is 65.3 Å². The predicted octanol–water partition coefficient (Wildman–Crippen LogP) is 12.1. The highest BCUT2D eigenvalue weighted by Crippen LogP contribution is 2.38. The summed E-state index contributed by atoms with van der Waals surface area (Å²) < 4.78 is 9.00. The zero-order chi connectivity index (χ0) is 34.2. The van der Waals surface area contributed by atoms with E-state index in [1.807, 2.05) is 0 Å². The van der Waals surface area contributed by atoms with E-state index in [0.717, 1.165) is 56.4 Å². The lowest BCUT2D eigenvalue weighted by Gasteiger charge is -2.14. The van der Waals surface area contributed by atoms with Gasteiger partial charge in [-0.25, -0.2) is 15.0 Å². The van der Waals surface area contributed by atoms with Crippen molar-refractivity contribution < 1.29 is 4.42 Å². The van der Waals surface area contributed by atoms with Gasteiger partial charge in [0.2, 0.25) is 0 Å². The van der Waals surface area contributed by atoms with Crippen LogP contribution in [0.2, 0.25) is 0 Å². The monoisotopic (exact) mass is 666 g/mol. The highest BCUT2D eigenvalue weighted by Gasteiger charge is 2.19. The number of para-hydroxylation sites is 1. The molecule has 11 rings (SSSR count). The summed E-state index contributed by atoms with van der Waals surface area (Å²) in [4.78, 5) is 15.1. The molecule has 1 atom stereocenters. The van der Waals surface area contributed by atoms with Gasteiger partial charge in [0, 0.05) is 50.3 Å². The third-order valence-corrected chi connectivity index (χ3v) is 10.5. The van der Waals surface area contributed by atoms with Crippen molar-refractivity contribution in [2.24, 2.45) is 0 Å². The molecule has 1 aliphatic rings. The van der Waals surface area contributed by atoms with Crippen LogP contribution in [-0.4, -0.2) is 19.5 Å². The molecule has 10 aromatic rings. The molecule has 3 aromatic heterocycles. The van der Waals surface area contributed by atoms with Gasteiger partial charge >= 0.3 is 0 Å². The summed E-state index contributed by atoms with van der Waals surface area (Å²) in [7, 11) is 0. The van der Waals surface area contributed by atoms with Crippen LogP contribution < -0.4 is 0 Å². The largest absolute Gasteiger partial charge is 0.456 e. The molecule has 0 saturated heterocycles. The smallest absolute Gasteiger partial charge is 0.163 e. The standard InChI is InChI=1S/C47H30N4O/c1-2-11-30(12-3-1)45-48-46(34-19-18-29-10-4-5-13-31(29)24-34)50-47(49-45)35-20-22-38-39-23-21-36(28-44(39)52-43(38)27-35)51-41-17-9-8-16-37(41)40-25-32-14-6-7-15-33(32)26-42(40)51/h1-11,13-28,30H,12H2. The molecule has 5 nitrogen and oxygen atoms in total. The number of rotatable bonds is 4. The molecule has 0 saturated carbocycles. The minimum atomic E-state index is 0.0816. The molecule has 7 aromatic carbocycles. The highest BCUT2D eigenvalue weighted by molar-refractivity contribution is 6.14. The van der Waals surface area contributed by atoms with E-state index in [1.165, 1.54) is 38.0 Å². The van der Waals surface area contributed by atoms with E-state index in [4.69, 9.17) is 19.4 Å². The Morgan fingerprint density at radius 1 is 0.500 bits per heavy atom. The third-order valence-electron chi connectivity index (χ3n) is 10.5. The Labute approximate surface area is 298 Å². The maximum atomic E-state index is 6.65. The van der Waals surface area contributed by atoms with Gasteiger partial charge in [-0.1, -0.05) is 109 Å². The minimum Gasteiger partial charge on any atom is -0.456 e. The Bertz CT molecular complexity index is 3130. The summed E-state index contributed by atoms with van der Waals surface area (Å²) >= 11 is 0. The average molecular weight is 667 g/mol. The molecule has 5 heteroatoms. The lowest BCUT2D eigenvalue weighted by atomic mass is 9.99. The average Bonchev–Trinajstić information content (AvgIpc) is 3.74. The van der Waals surface area contributed by atoms with Crippen molar-refractivity contribution in [1.29, 1.82) is 0 Å². The fraction of sp³-hybridized carbons (Fsp3) is 0.0426. The molecular weight excluding hydrogens is 637 g/mol. The molecule has 0 bridgehead atoms. The first-order chi connectivity index (χ1) is 25.7. The second kappa shape index (κ2) is 11.3. The Kier molecular flexibility index (Phi) is 6.31. The van der Waals surface area contributed by atoms with E-state index in [1.54, 1.807) is 0 Å². The number of aromatic nitrogens is 4. The van der Waals surface area contributed by atoms with Gasteiger partial charge < -0.3 is 8.98 Å². The van der Waals surface area contributed by atoms with Gasteiger partial charge in [0.25, 0.3) is 0 Å². The first-order valence-electron chi connectivity index (χ1n) is 17.7. The van der Waals surface area contributed by atoms with Gasteiger partial charge in [0.15, 0.2) is 11.6 Å². The summed E-state index contributed by atoms with van der Waals surface area (Å²) in [5.74, 6) is 2.15. The molecule has 3 heterocycles. The molecule has 0 N–H and O–H groups in total. The van der Waals surface area contributed by atoms with Crippen LogP contribution in [0.4, 0.5) is 0 Å². The van der Waals surface area contributed by atoms with Gasteiger partial charge in [-0.05, 0) is 76.5 Å². The molecule has 0 aliphatic heterocycles. The van der Waals surface area contributed by atoms with E-state index < -0.39 is 0 Å². The van der Waals surface area contributed by atoms with Gasteiger partial charge in [0.1, 0.15) is 17.0 Å². The second-order valence-electron chi connectivity index (χ2n) is 13.6. The van der Waals surface area contributed by atoms with Crippen LogP contribution in [-0.2, 0) is 0 Å². The second-order valence-corrected chi connectivity index (χ2v) is 13.6. The van der Waals surface area contributed by atoms with E-state index in [2.05, 4.69) is 168 Å². The molecule has 1 aliphatic carbocycles. The summed E-state index contributed by atoms with van der Waals surface area (Å²) in [5.41, 5.74) is 6.90. The molecule has 0 amide bonds. The zero-order valence-corrected chi connectivity index (χ0v) is 28.1. The van der Waals surface area contributed by atoms with Crippen molar-refractivity contribution in [2.45, 2.75) is 12.3 Å². The van der Waals surface area contributed by atoms with Crippen molar-refractivity contribution in [3.05, 3.63) is 170 Å². The van der Waals surface area contributed by atoms with Crippen LogP contribution in [0.3, 0.4) is 0 Å². The zero-order valence-electron chi connectivity index (χ0n) is 28.1. The lowest BCUT2D eigenvalue weighted by molar-refractivity contribution is 0.668. The van der Waals surface area contributed by atoms with Crippen LogP contribution in [0.5, 0.6) is 0 Å². The normalized spacial score (nSPS) is 14.5. The molecule has 0 radical (unpaired) electrons. The van der Waals surface area contributed by atoms with E-state index in [-0.39, 0.29) is 5.92 Å². The fourth-order valence-corrected chi connectivity index (χ4v) is 7.89. The van der Waals surface area contributed by atoms with Crippen molar-refractivity contribution in [2.75, 3.05) is 0 Å². The molecule has 52 heavy (non-hydrogen) atoms. The van der Waals surface area contributed by atoms with Gasteiger partial charge in [-0.3, -0.25) is 0 Å². The fourth-order valence-electron chi connectivity index (χ4n) is 7.89. The van der Waals surface area contributed by atoms with Gasteiger partial charge in [-0.2, -0.15) is 0 Å². The number of allylic oxidation sites excluding steroid dienone is 4.